The Hall–Kier alpha value is -1.26. The number of methoxy groups -OCH3 is 1. The highest BCUT2D eigenvalue weighted by Crippen LogP contribution is 2.27. The van der Waals surface area contributed by atoms with E-state index >= 15 is 0 Å². The van der Waals surface area contributed by atoms with Gasteiger partial charge in [0.1, 0.15) is 5.75 Å². The standard InChI is InChI=1S/C12H16ClNO3/c1-8-5-10(13)6-9(12(8)17-2)7-14-4-3-11(15)16/h5-6,14H,3-4,7H2,1-2H3,(H,15,16). The predicted octanol–water partition coefficient (Wildman–Crippen LogP) is 2.22. The molecule has 5 heteroatoms. The second-order valence-corrected chi connectivity index (χ2v) is 4.17. The molecule has 0 atom stereocenters. The molecular weight excluding hydrogens is 242 g/mol. The molecule has 4 nitrogen and oxygen atoms in total. The van der Waals surface area contributed by atoms with Crippen LogP contribution >= 0.6 is 11.6 Å². The van der Waals surface area contributed by atoms with Gasteiger partial charge in [0.25, 0.3) is 0 Å². The van der Waals surface area contributed by atoms with Crippen LogP contribution in [-0.4, -0.2) is 24.7 Å². The fourth-order valence-electron chi connectivity index (χ4n) is 1.64. The van der Waals surface area contributed by atoms with Gasteiger partial charge in [0.05, 0.1) is 13.5 Å². The largest absolute Gasteiger partial charge is 0.496 e. The van der Waals surface area contributed by atoms with Crippen LogP contribution in [0, 0.1) is 6.92 Å². The van der Waals surface area contributed by atoms with E-state index in [-0.39, 0.29) is 6.42 Å². The predicted molar refractivity (Wildman–Crippen MR) is 66.7 cm³/mol. The summed E-state index contributed by atoms with van der Waals surface area (Å²) >= 11 is 5.96. The highest BCUT2D eigenvalue weighted by atomic mass is 35.5. The molecule has 0 aliphatic carbocycles. The lowest BCUT2D eigenvalue weighted by molar-refractivity contribution is -0.136. The molecule has 1 aromatic rings. The highest BCUT2D eigenvalue weighted by molar-refractivity contribution is 6.30. The van der Waals surface area contributed by atoms with Crippen molar-refractivity contribution in [2.24, 2.45) is 0 Å². The first-order chi connectivity index (χ1) is 8.04. The van der Waals surface area contributed by atoms with Gasteiger partial charge in [-0.05, 0) is 24.6 Å². The number of nitrogens with one attached hydrogen (secondary N) is 1. The number of rotatable bonds is 6. The molecule has 0 fully saturated rings. The van der Waals surface area contributed by atoms with Crippen molar-refractivity contribution in [3.63, 3.8) is 0 Å². The number of carboxylic acids is 1. The Balaban J connectivity index is 2.66. The zero-order valence-electron chi connectivity index (χ0n) is 9.92. The average molecular weight is 258 g/mol. The van der Waals surface area contributed by atoms with Gasteiger partial charge in [0.15, 0.2) is 0 Å². The fraction of sp³-hybridized carbons (Fsp3) is 0.417. The van der Waals surface area contributed by atoms with E-state index < -0.39 is 5.97 Å². The minimum Gasteiger partial charge on any atom is -0.496 e. The quantitative estimate of drug-likeness (QED) is 0.768. The van der Waals surface area contributed by atoms with Crippen molar-refractivity contribution < 1.29 is 14.6 Å². The lowest BCUT2D eigenvalue weighted by Crippen LogP contribution is -2.18. The molecule has 17 heavy (non-hydrogen) atoms. The Labute approximate surface area is 106 Å². The number of aryl methyl sites for hydroxylation is 1. The van der Waals surface area contributed by atoms with Crippen LogP contribution in [0.5, 0.6) is 5.75 Å². The van der Waals surface area contributed by atoms with Gasteiger partial charge < -0.3 is 15.2 Å². The van der Waals surface area contributed by atoms with Crippen molar-refractivity contribution in [1.29, 1.82) is 0 Å². The third kappa shape index (κ3) is 4.24. The van der Waals surface area contributed by atoms with E-state index in [9.17, 15) is 4.79 Å². The summed E-state index contributed by atoms with van der Waals surface area (Å²) in [6.45, 7) is 2.88. The maximum Gasteiger partial charge on any atom is 0.304 e. The van der Waals surface area contributed by atoms with Gasteiger partial charge >= 0.3 is 5.97 Å². The minimum atomic E-state index is -0.813. The molecule has 0 bridgehead atoms. The average Bonchev–Trinajstić information content (AvgIpc) is 2.23. The molecule has 0 aromatic heterocycles. The van der Waals surface area contributed by atoms with Crippen LogP contribution in [0.1, 0.15) is 17.5 Å². The van der Waals surface area contributed by atoms with E-state index in [1.165, 1.54) is 0 Å². The molecule has 0 spiro atoms. The van der Waals surface area contributed by atoms with E-state index in [0.717, 1.165) is 16.9 Å². The van der Waals surface area contributed by atoms with Crippen LogP contribution in [0.15, 0.2) is 12.1 Å². The van der Waals surface area contributed by atoms with Crippen LogP contribution < -0.4 is 10.1 Å². The number of hydrogen-bond acceptors (Lipinski definition) is 3. The van der Waals surface area contributed by atoms with Crippen molar-refractivity contribution in [2.75, 3.05) is 13.7 Å². The van der Waals surface area contributed by atoms with Crippen molar-refractivity contribution in [2.45, 2.75) is 19.9 Å². The molecule has 0 saturated carbocycles. The maximum absolute atomic E-state index is 10.4. The smallest absolute Gasteiger partial charge is 0.304 e. The molecule has 0 radical (unpaired) electrons. The van der Waals surface area contributed by atoms with Gasteiger partial charge in [-0.25, -0.2) is 0 Å². The molecule has 2 N–H and O–H groups in total. The first-order valence-electron chi connectivity index (χ1n) is 5.30. The van der Waals surface area contributed by atoms with E-state index in [4.69, 9.17) is 21.4 Å². The molecule has 1 rings (SSSR count). The van der Waals surface area contributed by atoms with Gasteiger partial charge in [-0.2, -0.15) is 0 Å². The number of halogens is 1. The molecule has 1 aromatic carbocycles. The van der Waals surface area contributed by atoms with Crippen LogP contribution in [-0.2, 0) is 11.3 Å². The summed E-state index contributed by atoms with van der Waals surface area (Å²) in [6.07, 6.45) is 0.0991. The van der Waals surface area contributed by atoms with E-state index in [1.54, 1.807) is 7.11 Å². The zero-order chi connectivity index (χ0) is 12.8. The van der Waals surface area contributed by atoms with Crippen molar-refractivity contribution in [1.82, 2.24) is 5.32 Å². The third-order valence-corrected chi connectivity index (χ3v) is 2.57. The Bertz CT molecular complexity index is 407. The van der Waals surface area contributed by atoms with Gasteiger partial charge in [-0.15, -0.1) is 0 Å². The lowest BCUT2D eigenvalue weighted by Gasteiger charge is -2.12. The number of ether oxygens (including phenoxy) is 1. The van der Waals surface area contributed by atoms with Crippen molar-refractivity contribution >= 4 is 17.6 Å². The first-order valence-corrected chi connectivity index (χ1v) is 5.68. The highest BCUT2D eigenvalue weighted by Gasteiger charge is 2.08. The normalized spacial score (nSPS) is 10.3. The Morgan fingerprint density at radius 2 is 2.24 bits per heavy atom. The summed E-state index contributed by atoms with van der Waals surface area (Å²) < 4.78 is 5.29. The topological polar surface area (TPSA) is 58.6 Å². The Morgan fingerprint density at radius 1 is 1.53 bits per heavy atom. The fourth-order valence-corrected chi connectivity index (χ4v) is 1.94. The van der Waals surface area contributed by atoms with E-state index in [1.807, 2.05) is 19.1 Å². The molecule has 0 saturated heterocycles. The Morgan fingerprint density at radius 3 is 2.82 bits per heavy atom. The summed E-state index contributed by atoms with van der Waals surface area (Å²) in [4.78, 5) is 10.4. The second-order valence-electron chi connectivity index (χ2n) is 3.74. The molecule has 0 amide bonds. The number of benzene rings is 1. The molecule has 0 aliphatic heterocycles. The Kier molecular flexibility index (Phi) is 5.25. The summed E-state index contributed by atoms with van der Waals surface area (Å²) in [5.41, 5.74) is 1.90. The summed E-state index contributed by atoms with van der Waals surface area (Å²) in [6, 6.07) is 3.66. The van der Waals surface area contributed by atoms with Crippen molar-refractivity contribution in [3.8, 4) is 5.75 Å². The van der Waals surface area contributed by atoms with Crippen LogP contribution in [0.2, 0.25) is 5.02 Å². The third-order valence-electron chi connectivity index (χ3n) is 2.35. The van der Waals surface area contributed by atoms with Crippen LogP contribution in [0.3, 0.4) is 0 Å². The van der Waals surface area contributed by atoms with Gasteiger partial charge in [-0.3, -0.25) is 4.79 Å². The monoisotopic (exact) mass is 257 g/mol. The van der Waals surface area contributed by atoms with Gasteiger partial charge in [0.2, 0.25) is 0 Å². The van der Waals surface area contributed by atoms with E-state index in [0.29, 0.717) is 18.1 Å². The molecule has 0 aliphatic rings. The molecular formula is C12H16ClNO3. The molecule has 0 heterocycles. The van der Waals surface area contributed by atoms with Gasteiger partial charge in [0, 0.05) is 23.7 Å². The number of carbonyl (C=O) groups is 1. The molecule has 0 unspecified atom stereocenters. The number of hydrogen-bond donors (Lipinski definition) is 2. The first kappa shape index (κ1) is 13.8. The zero-order valence-corrected chi connectivity index (χ0v) is 10.7. The SMILES string of the molecule is COc1c(C)cc(Cl)cc1CNCCC(=O)O. The summed E-state index contributed by atoms with van der Waals surface area (Å²) in [5, 5.41) is 12.2. The second kappa shape index (κ2) is 6.47. The van der Waals surface area contributed by atoms with Crippen LogP contribution in [0.25, 0.3) is 0 Å². The van der Waals surface area contributed by atoms with E-state index in [2.05, 4.69) is 5.32 Å². The number of carboxylic acid groups (broad SMARTS) is 1. The maximum atomic E-state index is 10.4. The lowest BCUT2D eigenvalue weighted by atomic mass is 10.1. The molecule has 94 valence electrons. The van der Waals surface area contributed by atoms with Crippen molar-refractivity contribution in [3.05, 3.63) is 28.3 Å². The van der Waals surface area contributed by atoms with Gasteiger partial charge in [-0.1, -0.05) is 11.6 Å². The number of aliphatic carboxylic acids is 1. The summed E-state index contributed by atoms with van der Waals surface area (Å²) in [5.74, 6) is -0.0241. The summed E-state index contributed by atoms with van der Waals surface area (Å²) in [7, 11) is 1.61. The minimum absolute atomic E-state index is 0.0991. The van der Waals surface area contributed by atoms with Crippen LogP contribution in [0.4, 0.5) is 0 Å².